The fraction of sp³-hybridized carbons (Fsp3) is 0.818. The topological polar surface area (TPSA) is 0 Å². The van der Waals surface area contributed by atoms with Crippen LogP contribution in [0.1, 0.15) is 117 Å². The molecule has 0 atom stereocenters. The Bertz CT molecular complexity index is 249. The van der Waals surface area contributed by atoms with E-state index in [1.54, 1.807) is 0 Å². The molecule has 0 amide bonds. The highest BCUT2D eigenvalue weighted by Crippen LogP contribution is 2.13. The monoisotopic (exact) mass is 306 g/mol. The van der Waals surface area contributed by atoms with Crippen LogP contribution in [0.2, 0.25) is 0 Å². The third-order valence-electron chi connectivity index (χ3n) is 4.43. The summed E-state index contributed by atoms with van der Waals surface area (Å²) < 4.78 is 0. The third-order valence-corrected chi connectivity index (χ3v) is 4.43. The van der Waals surface area contributed by atoms with E-state index in [0.717, 1.165) is 0 Å². The van der Waals surface area contributed by atoms with Gasteiger partial charge in [0.25, 0.3) is 0 Å². The van der Waals surface area contributed by atoms with Gasteiger partial charge in [0.2, 0.25) is 0 Å². The maximum atomic E-state index is 4.18. The Balaban J connectivity index is 3.26. The first kappa shape index (κ1) is 21.5. The molecule has 0 heterocycles. The van der Waals surface area contributed by atoms with Crippen molar-refractivity contribution in [2.75, 3.05) is 0 Å². The minimum absolute atomic E-state index is 1.20. The molecule has 0 N–H and O–H groups in total. The molecule has 0 rings (SSSR count). The normalized spacial score (nSPS) is 11.4. The van der Waals surface area contributed by atoms with Gasteiger partial charge in [-0.15, -0.1) is 0 Å². The molecule has 0 radical (unpaired) electrons. The highest BCUT2D eigenvalue weighted by atomic mass is 14.0. The quantitative estimate of drug-likeness (QED) is 0.187. The summed E-state index contributed by atoms with van der Waals surface area (Å²) in [5.41, 5.74) is 1.33. The Morgan fingerprint density at radius 1 is 0.636 bits per heavy atom. The van der Waals surface area contributed by atoms with Gasteiger partial charge in [0.1, 0.15) is 0 Å². The minimum atomic E-state index is 1.20. The van der Waals surface area contributed by atoms with Gasteiger partial charge in [0.05, 0.1) is 0 Å². The van der Waals surface area contributed by atoms with E-state index < -0.39 is 0 Å². The van der Waals surface area contributed by atoms with Crippen LogP contribution >= 0.6 is 0 Å². The molecule has 22 heavy (non-hydrogen) atoms. The zero-order chi connectivity index (χ0) is 16.3. The van der Waals surface area contributed by atoms with Crippen LogP contribution in [0.3, 0.4) is 0 Å². The minimum Gasteiger partial charge on any atom is -0.0958 e. The van der Waals surface area contributed by atoms with E-state index in [9.17, 15) is 0 Å². The van der Waals surface area contributed by atoms with E-state index in [4.69, 9.17) is 0 Å². The molecular formula is C22H42. The zero-order valence-corrected chi connectivity index (χ0v) is 15.7. The lowest BCUT2D eigenvalue weighted by molar-refractivity contribution is 0.576. The van der Waals surface area contributed by atoms with Crippen LogP contribution in [0.5, 0.6) is 0 Å². The van der Waals surface area contributed by atoms with Crippen LogP contribution in [-0.2, 0) is 0 Å². The molecule has 0 saturated carbocycles. The van der Waals surface area contributed by atoms with Crippen LogP contribution in [0.25, 0.3) is 0 Å². The van der Waals surface area contributed by atoms with Gasteiger partial charge in [0, 0.05) is 0 Å². The van der Waals surface area contributed by atoms with Gasteiger partial charge in [-0.3, -0.25) is 0 Å². The maximum Gasteiger partial charge on any atom is -0.0285 e. The van der Waals surface area contributed by atoms with Crippen LogP contribution in [-0.4, -0.2) is 0 Å². The van der Waals surface area contributed by atoms with Crippen molar-refractivity contribution in [1.29, 1.82) is 0 Å². The fourth-order valence-electron chi connectivity index (χ4n) is 2.86. The standard InChI is InChI=1S/C22H42/c1-4-6-8-10-12-14-16-18-20-22(3)21-19-17-15-13-11-9-7-5-2/h18,20H,3-17,19,21H2,1-2H3. The second kappa shape index (κ2) is 18.5. The predicted octanol–water partition coefficient (Wildman–Crippen LogP) is 8.38. The number of unbranched alkanes of at least 4 members (excludes halogenated alkanes) is 13. The highest BCUT2D eigenvalue weighted by Gasteiger charge is 1.93. The molecule has 0 fully saturated rings. The SMILES string of the molecule is C=C(C=CCCCCCCCC)CCCCCCCCCC. The van der Waals surface area contributed by atoms with Gasteiger partial charge in [-0.25, -0.2) is 0 Å². The molecular weight excluding hydrogens is 264 g/mol. The van der Waals surface area contributed by atoms with E-state index in [0.29, 0.717) is 0 Å². The summed E-state index contributed by atoms with van der Waals surface area (Å²) in [5, 5.41) is 0. The summed E-state index contributed by atoms with van der Waals surface area (Å²) >= 11 is 0. The van der Waals surface area contributed by atoms with Gasteiger partial charge < -0.3 is 0 Å². The lowest BCUT2D eigenvalue weighted by atomic mass is 10.0. The molecule has 0 bridgehead atoms. The van der Waals surface area contributed by atoms with Crippen molar-refractivity contribution in [3.05, 3.63) is 24.3 Å². The van der Waals surface area contributed by atoms with Crippen molar-refractivity contribution in [1.82, 2.24) is 0 Å². The Kier molecular flexibility index (Phi) is 18.1. The summed E-state index contributed by atoms with van der Waals surface area (Å²) in [4.78, 5) is 0. The zero-order valence-electron chi connectivity index (χ0n) is 15.7. The lowest BCUT2D eigenvalue weighted by Crippen LogP contribution is -1.82. The van der Waals surface area contributed by atoms with E-state index >= 15 is 0 Å². The molecule has 0 aliphatic heterocycles. The van der Waals surface area contributed by atoms with E-state index in [1.807, 2.05) is 0 Å². The van der Waals surface area contributed by atoms with Crippen molar-refractivity contribution in [3.8, 4) is 0 Å². The van der Waals surface area contributed by atoms with Crippen LogP contribution < -0.4 is 0 Å². The highest BCUT2D eigenvalue weighted by molar-refractivity contribution is 5.13. The van der Waals surface area contributed by atoms with E-state index in [1.165, 1.54) is 108 Å². The third kappa shape index (κ3) is 17.5. The summed E-state index contributed by atoms with van der Waals surface area (Å²) in [6.45, 7) is 8.75. The van der Waals surface area contributed by atoms with Crippen LogP contribution in [0.15, 0.2) is 24.3 Å². The Hall–Kier alpha value is -0.520. The molecule has 130 valence electrons. The van der Waals surface area contributed by atoms with Crippen molar-refractivity contribution in [3.63, 3.8) is 0 Å². The molecule has 0 spiro atoms. The molecule has 0 saturated heterocycles. The van der Waals surface area contributed by atoms with Crippen molar-refractivity contribution >= 4 is 0 Å². The van der Waals surface area contributed by atoms with Gasteiger partial charge in [-0.05, 0) is 25.7 Å². The van der Waals surface area contributed by atoms with E-state index in [2.05, 4.69) is 32.6 Å². The fourth-order valence-corrected chi connectivity index (χ4v) is 2.86. The Morgan fingerprint density at radius 2 is 1.09 bits per heavy atom. The van der Waals surface area contributed by atoms with E-state index in [-0.39, 0.29) is 0 Å². The van der Waals surface area contributed by atoms with Gasteiger partial charge in [0.15, 0.2) is 0 Å². The summed E-state index contributed by atoms with van der Waals surface area (Å²) in [7, 11) is 0. The van der Waals surface area contributed by atoms with Gasteiger partial charge in [-0.1, -0.05) is 115 Å². The second-order valence-corrected chi connectivity index (χ2v) is 6.84. The largest absolute Gasteiger partial charge is 0.0958 e. The summed E-state index contributed by atoms with van der Waals surface area (Å²) in [6.07, 6.45) is 26.6. The first-order valence-electron chi connectivity index (χ1n) is 10.2. The van der Waals surface area contributed by atoms with Crippen LogP contribution in [0.4, 0.5) is 0 Å². The molecule has 0 aliphatic rings. The average Bonchev–Trinajstić information content (AvgIpc) is 2.52. The Labute approximate surface area is 141 Å². The average molecular weight is 307 g/mol. The molecule has 0 nitrogen and oxygen atoms in total. The number of allylic oxidation sites excluding steroid dienone is 3. The number of hydrogen-bond acceptors (Lipinski definition) is 0. The smallest absolute Gasteiger partial charge is 0.0285 e. The molecule has 0 aromatic carbocycles. The summed E-state index contributed by atoms with van der Waals surface area (Å²) in [6, 6.07) is 0. The van der Waals surface area contributed by atoms with Gasteiger partial charge >= 0.3 is 0 Å². The molecule has 0 heteroatoms. The van der Waals surface area contributed by atoms with Gasteiger partial charge in [-0.2, -0.15) is 0 Å². The molecule has 0 unspecified atom stereocenters. The van der Waals surface area contributed by atoms with Crippen LogP contribution in [0, 0.1) is 0 Å². The molecule has 0 aliphatic carbocycles. The second-order valence-electron chi connectivity index (χ2n) is 6.84. The number of hydrogen-bond donors (Lipinski definition) is 0. The first-order valence-corrected chi connectivity index (χ1v) is 10.2. The summed E-state index contributed by atoms with van der Waals surface area (Å²) in [5.74, 6) is 0. The first-order chi connectivity index (χ1) is 10.8. The number of rotatable bonds is 17. The lowest BCUT2D eigenvalue weighted by Gasteiger charge is -2.02. The predicted molar refractivity (Wildman–Crippen MR) is 104 cm³/mol. The van der Waals surface area contributed by atoms with Crippen molar-refractivity contribution in [2.24, 2.45) is 0 Å². The molecule has 0 aromatic rings. The maximum absolute atomic E-state index is 4.18. The van der Waals surface area contributed by atoms with Crippen molar-refractivity contribution < 1.29 is 0 Å². The Morgan fingerprint density at radius 3 is 1.64 bits per heavy atom. The molecule has 0 aromatic heterocycles. The van der Waals surface area contributed by atoms with Crippen molar-refractivity contribution in [2.45, 2.75) is 117 Å².